The number of aromatic nitrogens is 4. The molecule has 4 aromatic rings. The standard InChI is InChI=1S/C25H24FN5O3/c1-32-24-5-4-20-25(29-24)21(6-7-27-20)31-14-16-10-17(2-3-19(16)30-31)28-13-15-11-22-23(12-18(15)26)34-9-8-33-22/h4-7,11-12,14,17,28H,2-3,8-10,13H2,1H3. The van der Waals surface area contributed by atoms with Gasteiger partial charge in [-0.05, 0) is 43.0 Å². The second kappa shape index (κ2) is 8.57. The average Bonchev–Trinajstić information content (AvgIpc) is 3.30. The van der Waals surface area contributed by atoms with Crippen molar-refractivity contribution in [2.45, 2.75) is 31.8 Å². The van der Waals surface area contributed by atoms with Crippen molar-refractivity contribution in [1.29, 1.82) is 0 Å². The summed E-state index contributed by atoms with van der Waals surface area (Å²) in [5.74, 6) is 1.33. The molecule has 0 radical (unpaired) electrons. The Morgan fingerprint density at radius 2 is 2.03 bits per heavy atom. The van der Waals surface area contributed by atoms with Crippen molar-refractivity contribution in [2.75, 3.05) is 20.3 Å². The van der Waals surface area contributed by atoms with E-state index in [0.29, 0.717) is 42.7 Å². The Morgan fingerprint density at radius 3 is 2.88 bits per heavy atom. The van der Waals surface area contributed by atoms with Gasteiger partial charge >= 0.3 is 0 Å². The molecule has 3 aromatic heterocycles. The number of pyridine rings is 2. The average molecular weight is 461 g/mol. The van der Waals surface area contributed by atoms with Gasteiger partial charge in [0.25, 0.3) is 0 Å². The molecule has 1 atom stereocenters. The summed E-state index contributed by atoms with van der Waals surface area (Å²) >= 11 is 0. The molecule has 0 fully saturated rings. The van der Waals surface area contributed by atoms with Crippen molar-refractivity contribution in [3.8, 4) is 23.1 Å². The third-order valence-corrected chi connectivity index (χ3v) is 6.36. The normalized spacial score (nSPS) is 16.9. The topological polar surface area (TPSA) is 83.3 Å². The van der Waals surface area contributed by atoms with Gasteiger partial charge < -0.3 is 19.5 Å². The van der Waals surface area contributed by atoms with E-state index in [1.54, 1.807) is 25.4 Å². The van der Waals surface area contributed by atoms with Crippen molar-refractivity contribution in [1.82, 2.24) is 25.1 Å². The van der Waals surface area contributed by atoms with E-state index in [1.165, 1.54) is 11.6 Å². The van der Waals surface area contributed by atoms with Crippen molar-refractivity contribution in [2.24, 2.45) is 0 Å². The molecule has 1 aliphatic carbocycles. The highest BCUT2D eigenvalue weighted by atomic mass is 19.1. The van der Waals surface area contributed by atoms with E-state index < -0.39 is 0 Å². The zero-order chi connectivity index (χ0) is 23.1. The summed E-state index contributed by atoms with van der Waals surface area (Å²) in [6.07, 6.45) is 6.42. The van der Waals surface area contributed by atoms with Gasteiger partial charge in [0.05, 0.1) is 24.0 Å². The van der Waals surface area contributed by atoms with Gasteiger partial charge in [-0.1, -0.05) is 0 Å². The van der Waals surface area contributed by atoms with E-state index >= 15 is 0 Å². The molecule has 0 amide bonds. The van der Waals surface area contributed by atoms with Gasteiger partial charge in [0.15, 0.2) is 11.5 Å². The number of halogens is 1. The number of rotatable bonds is 5. The molecule has 1 aromatic carbocycles. The van der Waals surface area contributed by atoms with Crippen LogP contribution in [0.4, 0.5) is 4.39 Å². The monoisotopic (exact) mass is 461 g/mol. The lowest BCUT2D eigenvalue weighted by atomic mass is 9.93. The molecule has 0 saturated carbocycles. The number of fused-ring (bicyclic) bond motifs is 3. The molecule has 0 saturated heterocycles. The molecule has 174 valence electrons. The quantitative estimate of drug-likeness (QED) is 0.488. The fourth-order valence-electron chi connectivity index (χ4n) is 4.59. The van der Waals surface area contributed by atoms with Crippen LogP contribution in [0.25, 0.3) is 16.7 Å². The van der Waals surface area contributed by atoms with Crippen LogP contribution in [-0.2, 0) is 19.4 Å². The third-order valence-electron chi connectivity index (χ3n) is 6.36. The first-order chi connectivity index (χ1) is 16.7. The molecule has 2 aliphatic rings. The third kappa shape index (κ3) is 3.81. The lowest BCUT2D eigenvalue weighted by Crippen LogP contribution is -2.34. The molecule has 1 aliphatic heterocycles. The molecule has 9 heteroatoms. The van der Waals surface area contributed by atoms with Gasteiger partial charge in [-0.2, -0.15) is 5.10 Å². The number of ether oxygens (including phenoxy) is 3. The molecule has 0 spiro atoms. The van der Waals surface area contributed by atoms with Crippen LogP contribution in [0, 0.1) is 5.82 Å². The van der Waals surface area contributed by atoms with Crippen LogP contribution >= 0.6 is 0 Å². The maximum atomic E-state index is 14.5. The predicted molar refractivity (Wildman–Crippen MR) is 123 cm³/mol. The second-order valence-electron chi connectivity index (χ2n) is 8.50. The number of methoxy groups -OCH3 is 1. The fourth-order valence-corrected chi connectivity index (χ4v) is 4.59. The van der Waals surface area contributed by atoms with Crippen LogP contribution in [-0.4, -0.2) is 46.1 Å². The number of hydrogen-bond donors (Lipinski definition) is 1. The van der Waals surface area contributed by atoms with Gasteiger partial charge in [-0.25, -0.2) is 14.1 Å². The minimum atomic E-state index is -0.284. The SMILES string of the molecule is COc1ccc2nccc(-n3cc4c(n3)CCC(NCc3cc5c(cc3F)OCCO5)C4)c2n1. The summed E-state index contributed by atoms with van der Waals surface area (Å²) in [7, 11) is 1.60. The van der Waals surface area contributed by atoms with E-state index in [4.69, 9.17) is 19.3 Å². The maximum Gasteiger partial charge on any atom is 0.213 e. The number of nitrogens with zero attached hydrogens (tertiary/aromatic N) is 4. The highest BCUT2D eigenvalue weighted by Crippen LogP contribution is 2.33. The van der Waals surface area contributed by atoms with E-state index in [9.17, 15) is 4.39 Å². The number of hydrogen-bond acceptors (Lipinski definition) is 7. The van der Waals surface area contributed by atoms with Crippen LogP contribution in [0.2, 0.25) is 0 Å². The minimum absolute atomic E-state index is 0.227. The summed E-state index contributed by atoms with van der Waals surface area (Å²) in [5.41, 5.74) is 5.23. The Labute approximate surface area is 195 Å². The van der Waals surface area contributed by atoms with E-state index in [2.05, 4.69) is 21.5 Å². The molecular weight excluding hydrogens is 437 g/mol. The summed E-state index contributed by atoms with van der Waals surface area (Å²) in [4.78, 5) is 8.99. The molecular formula is C25H24FN5O3. The maximum absolute atomic E-state index is 14.5. The summed E-state index contributed by atoms with van der Waals surface area (Å²) in [6, 6.07) is 8.98. The fraction of sp³-hybridized carbons (Fsp3) is 0.320. The number of benzene rings is 1. The highest BCUT2D eigenvalue weighted by molar-refractivity contribution is 5.83. The van der Waals surface area contributed by atoms with Gasteiger partial charge in [0.1, 0.15) is 24.5 Å². The van der Waals surface area contributed by atoms with Crippen LogP contribution in [0.3, 0.4) is 0 Å². The smallest absolute Gasteiger partial charge is 0.213 e. The Kier molecular flexibility index (Phi) is 5.26. The van der Waals surface area contributed by atoms with E-state index in [-0.39, 0.29) is 11.9 Å². The summed E-state index contributed by atoms with van der Waals surface area (Å²) in [6.45, 7) is 1.35. The minimum Gasteiger partial charge on any atom is -0.486 e. The molecule has 1 unspecified atom stereocenters. The molecule has 8 nitrogen and oxygen atoms in total. The highest BCUT2D eigenvalue weighted by Gasteiger charge is 2.23. The van der Waals surface area contributed by atoms with Crippen molar-refractivity contribution >= 4 is 11.0 Å². The largest absolute Gasteiger partial charge is 0.486 e. The van der Waals surface area contributed by atoms with E-state index in [0.717, 1.165) is 41.7 Å². The Balaban J connectivity index is 1.20. The zero-order valence-corrected chi connectivity index (χ0v) is 18.8. The van der Waals surface area contributed by atoms with Crippen molar-refractivity contribution in [3.63, 3.8) is 0 Å². The van der Waals surface area contributed by atoms with Gasteiger partial charge in [-0.3, -0.25) is 4.98 Å². The first-order valence-electron chi connectivity index (χ1n) is 11.4. The Bertz CT molecular complexity index is 1370. The molecule has 1 N–H and O–H groups in total. The van der Waals surface area contributed by atoms with Crippen LogP contribution in [0.15, 0.2) is 42.7 Å². The van der Waals surface area contributed by atoms with Crippen molar-refractivity contribution in [3.05, 3.63) is 65.4 Å². The number of nitrogens with one attached hydrogen (secondary N) is 1. The van der Waals surface area contributed by atoms with Gasteiger partial charge in [-0.15, -0.1) is 0 Å². The van der Waals surface area contributed by atoms with Crippen LogP contribution < -0.4 is 19.5 Å². The lowest BCUT2D eigenvalue weighted by Gasteiger charge is -2.23. The Morgan fingerprint density at radius 1 is 1.18 bits per heavy atom. The molecule has 4 heterocycles. The summed E-state index contributed by atoms with van der Waals surface area (Å²) in [5, 5.41) is 8.34. The summed E-state index contributed by atoms with van der Waals surface area (Å²) < 4.78 is 32.8. The number of aryl methyl sites for hydroxylation is 1. The van der Waals surface area contributed by atoms with Crippen molar-refractivity contribution < 1.29 is 18.6 Å². The second-order valence-corrected chi connectivity index (χ2v) is 8.50. The first-order valence-corrected chi connectivity index (χ1v) is 11.4. The van der Waals surface area contributed by atoms with Crippen LogP contribution in [0.1, 0.15) is 23.2 Å². The lowest BCUT2D eigenvalue weighted by molar-refractivity contribution is 0.170. The molecule has 0 bridgehead atoms. The molecule has 6 rings (SSSR count). The zero-order valence-electron chi connectivity index (χ0n) is 18.8. The molecule has 34 heavy (non-hydrogen) atoms. The van der Waals surface area contributed by atoms with Gasteiger partial charge in [0.2, 0.25) is 5.88 Å². The first kappa shape index (κ1) is 20.9. The predicted octanol–water partition coefficient (Wildman–Crippen LogP) is 3.38. The van der Waals surface area contributed by atoms with Crippen LogP contribution in [0.5, 0.6) is 17.4 Å². The van der Waals surface area contributed by atoms with Gasteiger partial charge in [0, 0.05) is 42.7 Å². The van der Waals surface area contributed by atoms with E-state index in [1.807, 2.05) is 16.8 Å². The Hall–Kier alpha value is -3.72.